The van der Waals surface area contributed by atoms with Gasteiger partial charge in [-0.25, -0.2) is 8.42 Å². The van der Waals surface area contributed by atoms with E-state index in [2.05, 4.69) is 13.8 Å². The van der Waals surface area contributed by atoms with Crippen LogP contribution in [0.4, 0.5) is 0 Å². The lowest BCUT2D eigenvalue weighted by Gasteiger charge is -2.18. The van der Waals surface area contributed by atoms with Crippen molar-refractivity contribution in [2.75, 3.05) is 13.1 Å². The smallest absolute Gasteiger partial charge is 0.206 e. The predicted molar refractivity (Wildman–Crippen MR) is 71.0 cm³/mol. The quantitative estimate of drug-likeness (QED) is 0.804. The van der Waals surface area contributed by atoms with Crippen molar-refractivity contribution in [3.63, 3.8) is 0 Å². The van der Waals surface area contributed by atoms with Gasteiger partial charge in [-0.05, 0) is 28.8 Å². The third kappa shape index (κ3) is 2.67. The molecule has 1 aromatic heterocycles. The maximum absolute atomic E-state index is 12.3. The second-order valence-corrected chi connectivity index (χ2v) is 8.50. The molecule has 1 fully saturated rings. The molecule has 2 rings (SSSR count). The van der Waals surface area contributed by atoms with Crippen molar-refractivity contribution in [1.82, 2.24) is 4.31 Å². The maximum atomic E-state index is 12.3. The fourth-order valence-electron chi connectivity index (χ4n) is 1.95. The van der Waals surface area contributed by atoms with Crippen LogP contribution < -0.4 is 0 Å². The molecule has 17 heavy (non-hydrogen) atoms. The van der Waals surface area contributed by atoms with Crippen LogP contribution in [0.1, 0.15) is 25.8 Å². The summed E-state index contributed by atoms with van der Waals surface area (Å²) in [5.74, 6) is 0.359. The largest absolute Gasteiger partial charge is 0.252 e. The summed E-state index contributed by atoms with van der Waals surface area (Å²) in [7, 11) is -3.31. The Morgan fingerprint density at radius 2 is 2.24 bits per heavy atom. The van der Waals surface area contributed by atoms with Gasteiger partial charge in [0.1, 0.15) is 4.21 Å². The Morgan fingerprint density at radius 1 is 1.53 bits per heavy atom. The number of nitrogens with zero attached hydrogens (tertiary/aromatic N) is 1. The SMILES string of the molecule is CC1(C)CCN(S(=O)(=O)c2cc(CCl)cs2)C1. The monoisotopic (exact) mass is 293 g/mol. The van der Waals surface area contributed by atoms with E-state index >= 15 is 0 Å². The van der Waals surface area contributed by atoms with E-state index in [0.717, 1.165) is 12.0 Å². The minimum absolute atomic E-state index is 0.0830. The van der Waals surface area contributed by atoms with Gasteiger partial charge in [0.15, 0.2) is 0 Å². The summed E-state index contributed by atoms with van der Waals surface area (Å²) in [5, 5.41) is 1.81. The first-order valence-electron chi connectivity index (χ1n) is 5.49. The predicted octanol–water partition coefficient (Wildman–Crippen LogP) is 2.91. The van der Waals surface area contributed by atoms with Gasteiger partial charge in [0.25, 0.3) is 10.0 Å². The van der Waals surface area contributed by atoms with Gasteiger partial charge in [0.05, 0.1) is 0 Å². The number of sulfonamides is 1. The molecule has 6 heteroatoms. The van der Waals surface area contributed by atoms with Crippen molar-refractivity contribution < 1.29 is 8.42 Å². The lowest BCUT2D eigenvalue weighted by Crippen LogP contribution is -2.29. The molecule has 1 aliphatic heterocycles. The molecule has 0 spiro atoms. The zero-order valence-electron chi connectivity index (χ0n) is 9.94. The van der Waals surface area contributed by atoms with Gasteiger partial charge in [-0.1, -0.05) is 13.8 Å². The highest BCUT2D eigenvalue weighted by molar-refractivity contribution is 7.91. The zero-order valence-corrected chi connectivity index (χ0v) is 12.3. The number of alkyl halides is 1. The zero-order chi connectivity index (χ0) is 12.7. The van der Waals surface area contributed by atoms with Crippen LogP contribution in [0, 0.1) is 5.41 Å². The fraction of sp³-hybridized carbons (Fsp3) is 0.636. The van der Waals surface area contributed by atoms with Crippen molar-refractivity contribution in [3.05, 3.63) is 17.0 Å². The molecule has 3 nitrogen and oxygen atoms in total. The Hall–Kier alpha value is -0.100. The van der Waals surface area contributed by atoms with Crippen molar-refractivity contribution in [1.29, 1.82) is 0 Å². The average molecular weight is 294 g/mol. The summed E-state index contributed by atoms with van der Waals surface area (Å²) in [5.41, 5.74) is 0.952. The molecule has 0 unspecified atom stereocenters. The van der Waals surface area contributed by atoms with Crippen LogP contribution in [-0.2, 0) is 15.9 Å². The van der Waals surface area contributed by atoms with Crippen LogP contribution in [-0.4, -0.2) is 25.8 Å². The van der Waals surface area contributed by atoms with E-state index in [0.29, 0.717) is 23.2 Å². The summed E-state index contributed by atoms with van der Waals surface area (Å²) in [6.07, 6.45) is 0.917. The summed E-state index contributed by atoms with van der Waals surface area (Å²) < 4.78 is 26.7. The normalized spacial score (nSPS) is 20.9. The second kappa shape index (κ2) is 4.53. The van der Waals surface area contributed by atoms with Crippen molar-refractivity contribution in [2.45, 2.75) is 30.4 Å². The summed E-state index contributed by atoms with van der Waals surface area (Å²) in [6.45, 7) is 5.41. The molecule has 0 atom stereocenters. The molecule has 1 saturated heterocycles. The van der Waals surface area contributed by atoms with Crippen LogP contribution in [0.2, 0.25) is 0 Å². The topological polar surface area (TPSA) is 37.4 Å². The molecule has 0 amide bonds. The van der Waals surface area contributed by atoms with E-state index in [1.807, 2.05) is 0 Å². The molecule has 1 aliphatic rings. The minimum atomic E-state index is -3.31. The molecule has 0 saturated carbocycles. The summed E-state index contributed by atoms with van der Waals surface area (Å²) in [6, 6.07) is 1.68. The fourth-order valence-corrected chi connectivity index (χ4v) is 5.19. The van der Waals surface area contributed by atoms with Gasteiger partial charge in [-0.2, -0.15) is 4.31 Å². The van der Waals surface area contributed by atoms with Crippen LogP contribution in [0.5, 0.6) is 0 Å². The molecule has 0 aromatic carbocycles. The van der Waals surface area contributed by atoms with E-state index in [4.69, 9.17) is 11.6 Å². The molecule has 0 aliphatic carbocycles. The minimum Gasteiger partial charge on any atom is -0.206 e. The molecule has 96 valence electrons. The second-order valence-electron chi connectivity index (χ2n) is 5.16. The highest BCUT2D eigenvalue weighted by Gasteiger charge is 2.37. The Morgan fingerprint density at radius 3 is 2.71 bits per heavy atom. The first kappa shape index (κ1) is 13.3. The number of halogens is 1. The van der Waals surface area contributed by atoms with E-state index in [9.17, 15) is 8.42 Å². The van der Waals surface area contributed by atoms with Crippen LogP contribution in [0.25, 0.3) is 0 Å². The van der Waals surface area contributed by atoms with E-state index in [1.165, 1.54) is 11.3 Å². The lowest BCUT2D eigenvalue weighted by molar-refractivity contribution is 0.376. The van der Waals surface area contributed by atoms with E-state index in [-0.39, 0.29) is 5.41 Å². The molecular formula is C11H16ClNO2S2. The first-order valence-corrected chi connectivity index (χ1v) is 8.34. The van der Waals surface area contributed by atoms with Crippen LogP contribution in [0.15, 0.2) is 15.7 Å². The van der Waals surface area contributed by atoms with Crippen molar-refractivity contribution >= 4 is 33.0 Å². The Balaban J connectivity index is 2.25. The number of hydrogen-bond donors (Lipinski definition) is 0. The number of rotatable bonds is 3. The van der Waals surface area contributed by atoms with E-state index in [1.54, 1.807) is 15.8 Å². The van der Waals surface area contributed by atoms with Gasteiger partial charge >= 0.3 is 0 Å². The summed E-state index contributed by atoms with van der Waals surface area (Å²) in [4.78, 5) is 0. The highest BCUT2D eigenvalue weighted by Crippen LogP contribution is 2.34. The molecule has 0 bridgehead atoms. The molecule has 1 aromatic rings. The lowest BCUT2D eigenvalue weighted by atomic mass is 9.93. The Labute approximate surface area is 111 Å². The third-order valence-electron chi connectivity index (χ3n) is 3.02. The third-order valence-corrected chi connectivity index (χ3v) is 6.64. The molecule has 2 heterocycles. The number of thiophene rings is 1. The number of hydrogen-bond acceptors (Lipinski definition) is 3. The van der Waals surface area contributed by atoms with Gasteiger partial charge in [0.2, 0.25) is 0 Å². The van der Waals surface area contributed by atoms with Gasteiger partial charge in [-0.15, -0.1) is 22.9 Å². The summed E-state index contributed by atoms with van der Waals surface area (Å²) >= 11 is 6.95. The van der Waals surface area contributed by atoms with Gasteiger partial charge in [-0.3, -0.25) is 0 Å². The Kier molecular flexibility index (Phi) is 3.56. The first-order chi connectivity index (χ1) is 7.85. The van der Waals surface area contributed by atoms with Gasteiger partial charge < -0.3 is 0 Å². The average Bonchev–Trinajstić information content (AvgIpc) is 2.84. The van der Waals surface area contributed by atoms with Crippen molar-refractivity contribution in [3.8, 4) is 0 Å². The standard InChI is InChI=1S/C11H16ClNO2S2/c1-11(2)3-4-13(8-11)17(14,15)10-5-9(6-12)7-16-10/h5,7H,3-4,6,8H2,1-2H3. The van der Waals surface area contributed by atoms with E-state index < -0.39 is 10.0 Å². The van der Waals surface area contributed by atoms with Crippen LogP contribution >= 0.6 is 22.9 Å². The highest BCUT2D eigenvalue weighted by atomic mass is 35.5. The van der Waals surface area contributed by atoms with Crippen LogP contribution in [0.3, 0.4) is 0 Å². The molecular weight excluding hydrogens is 278 g/mol. The van der Waals surface area contributed by atoms with Crippen molar-refractivity contribution in [2.24, 2.45) is 5.41 Å². The molecule has 0 radical (unpaired) electrons. The molecule has 0 N–H and O–H groups in total. The maximum Gasteiger partial charge on any atom is 0.252 e. The Bertz CT molecular complexity index is 507. The van der Waals surface area contributed by atoms with Gasteiger partial charge in [0, 0.05) is 19.0 Å².